The summed E-state index contributed by atoms with van der Waals surface area (Å²) in [6, 6.07) is 18.9. The van der Waals surface area contributed by atoms with Gasteiger partial charge in [-0.2, -0.15) is 0 Å². The molecule has 172 valence electrons. The molecule has 6 nitrogen and oxygen atoms in total. The van der Waals surface area contributed by atoms with Gasteiger partial charge in [-0.1, -0.05) is 49.7 Å². The molecule has 0 spiro atoms. The lowest BCUT2D eigenvalue weighted by Crippen LogP contribution is -2.24. The molecule has 2 amide bonds. The molecule has 0 radical (unpaired) electrons. The molecule has 0 heterocycles. The fraction of sp³-hybridized carbons (Fsp3) is 0.185. The zero-order valence-electron chi connectivity index (χ0n) is 18.7. The van der Waals surface area contributed by atoms with Crippen molar-refractivity contribution in [3.8, 4) is 0 Å². The minimum absolute atomic E-state index is 0.0107. The SMILES string of the molecule is CCCCC(=O)Nc1ccc(SCC(=O)Nc2cccc3c2C(=O)c2ccccc2C3=O)cc1. The summed E-state index contributed by atoms with van der Waals surface area (Å²) < 4.78 is 0. The summed E-state index contributed by atoms with van der Waals surface area (Å²) in [5.74, 6) is -0.661. The van der Waals surface area contributed by atoms with Crippen molar-refractivity contribution in [2.75, 3.05) is 16.4 Å². The molecule has 3 aromatic rings. The lowest BCUT2D eigenvalue weighted by molar-refractivity contribution is -0.116. The van der Waals surface area contributed by atoms with Gasteiger partial charge in [0, 0.05) is 33.7 Å². The first kappa shape index (κ1) is 23.4. The Kier molecular flexibility index (Phi) is 7.23. The molecular weight excluding hydrogens is 448 g/mol. The van der Waals surface area contributed by atoms with E-state index in [1.807, 2.05) is 19.1 Å². The van der Waals surface area contributed by atoms with Crippen molar-refractivity contribution >= 4 is 46.5 Å². The number of hydrogen-bond donors (Lipinski definition) is 2. The molecule has 0 aliphatic heterocycles. The van der Waals surface area contributed by atoms with Crippen LogP contribution >= 0.6 is 11.8 Å². The van der Waals surface area contributed by atoms with E-state index in [2.05, 4.69) is 10.6 Å². The number of rotatable bonds is 8. The highest BCUT2D eigenvalue weighted by Crippen LogP contribution is 2.32. The summed E-state index contributed by atoms with van der Waals surface area (Å²) in [5.41, 5.74) is 2.30. The van der Waals surface area contributed by atoms with E-state index in [0.717, 1.165) is 17.7 Å². The van der Waals surface area contributed by atoms with Crippen molar-refractivity contribution in [1.82, 2.24) is 0 Å². The van der Waals surface area contributed by atoms with Gasteiger partial charge in [0.2, 0.25) is 11.8 Å². The van der Waals surface area contributed by atoms with Gasteiger partial charge >= 0.3 is 0 Å². The number of thioether (sulfide) groups is 1. The second-order valence-electron chi connectivity index (χ2n) is 7.94. The topological polar surface area (TPSA) is 92.3 Å². The zero-order chi connectivity index (χ0) is 24.1. The molecule has 1 aliphatic carbocycles. The first-order valence-corrected chi connectivity index (χ1v) is 12.1. The molecule has 1 aliphatic rings. The third-order valence-electron chi connectivity index (χ3n) is 5.49. The Labute approximate surface area is 202 Å². The van der Waals surface area contributed by atoms with Crippen LogP contribution < -0.4 is 10.6 Å². The van der Waals surface area contributed by atoms with Crippen LogP contribution in [0.15, 0.2) is 71.6 Å². The van der Waals surface area contributed by atoms with Crippen LogP contribution in [0.4, 0.5) is 11.4 Å². The minimum Gasteiger partial charge on any atom is -0.326 e. The predicted octanol–water partition coefficient (Wildman–Crippen LogP) is 5.32. The standard InChI is InChI=1S/C27H24N2O4S/c1-2-3-11-23(30)28-17-12-14-18(15-13-17)34-16-24(31)29-22-10-6-9-21-25(22)27(33)20-8-5-4-7-19(20)26(21)32/h4-10,12-15H,2-3,11,16H2,1H3,(H,28,30)(H,29,31). The van der Waals surface area contributed by atoms with Crippen molar-refractivity contribution in [1.29, 1.82) is 0 Å². The molecule has 0 atom stereocenters. The number of fused-ring (bicyclic) bond motifs is 2. The quantitative estimate of drug-likeness (QED) is 0.339. The summed E-state index contributed by atoms with van der Waals surface area (Å²) >= 11 is 1.34. The van der Waals surface area contributed by atoms with Gasteiger partial charge in [0.1, 0.15) is 0 Å². The van der Waals surface area contributed by atoms with Crippen LogP contribution in [-0.2, 0) is 9.59 Å². The maximum absolute atomic E-state index is 13.1. The third-order valence-corrected chi connectivity index (χ3v) is 6.50. The number of benzene rings is 3. The number of nitrogens with one attached hydrogen (secondary N) is 2. The molecule has 3 aromatic carbocycles. The molecule has 34 heavy (non-hydrogen) atoms. The van der Waals surface area contributed by atoms with Crippen LogP contribution in [0.3, 0.4) is 0 Å². The smallest absolute Gasteiger partial charge is 0.234 e. The van der Waals surface area contributed by atoms with Gasteiger partial charge < -0.3 is 10.6 Å². The number of carbonyl (C=O) groups excluding carboxylic acids is 4. The lowest BCUT2D eigenvalue weighted by Gasteiger charge is -2.20. The summed E-state index contributed by atoms with van der Waals surface area (Å²) in [6.45, 7) is 2.04. The molecule has 0 unspecified atom stereocenters. The predicted molar refractivity (Wildman–Crippen MR) is 134 cm³/mol. The Balaban J connectivity index is 1.40. The maximum atomic E-state index is 13.1. The highest BCUT2D eigenvalue weighted by molar-refractivity contribution is 8.00. The second-order valence-corrected chi connectivity index (χ2v) is 8.99. The highest BCUT2D eigenvalue weighted by Gasteiger charge is 2.31. The van der Waals surface area contributed by atoms with E-state index in [1.165, 1.54) is 11.8 Å². The Hall–Kier alpha value is -3.71. The molecule has 0 saturated carbocycles. The zero-order valence-corrected chi connectivity index (χ0v) is 19.5. The number of hydrogen-bond acceptors (Lipinski definition) is 5. The van der Waals surface area contributed by atoms with E-state index in [1.54, 1.807) is 54.6 Å². The van der Waals surface area contributed by atoms with Crippen molar-refractivity contribution in [2.24, 2.45) is 0 Å². The second kappa shape index (κ2) is 10.5. The Bertz CT molecular complexity index is 1270. The number of carbonyl (C=O) groups is 4. The molecule has 0 aromatic heterocycles. The Morgan fingerprint density at radius 3 is 2.15 bits per heavy atom. The van der Waals surface area contributed by atoms with Crippen molar-refractivity contribution in [3.63, 3.8) is 0 Å². The van der Waals surface area contributed by atoms with Gasteiger partial charge in [0.25, 0.3) is 0 Å². The van der Waals surface area contributed by atoms with E-state index in [0.29, 0.717) is 34.5 Å². The molecule has 7 heteroatoms. The van der Waals surface area contributed by atoms with Gasteiger partial charge in [0.05, 0.1) is 17.0 Å². The molecule has 0 saturated heterocycles. The molecular formula is C27H24N2O4S. The van der Waals surface area contributed by atoms with E-state index in [-0.39, 0.29) is 34.7 Å². The van der Waals surface area contributed by atoms with E-state index in [9.17, 15) is 19.2 Å². The number of amides is 2. The van der Waals surface area contributed by atoms with Crippen LogP contribution in [-0.4, -0.2) is 29.1 Å². The van der Waals surface area contributed by atoms with E-state index in [4.69, 9.17) is 0 Å². The minimum atomic E-state index is -0.283. The van der Waals surface area contributed by atoms with Gasteiger partial charge in [0.15, 0.2) is 11.6 Å². The van der Waals surface area contributed by atoms with Gasteiger partial charge in [-0.15, -0.1) is 11.8 Å². The van der Waals surface area contributed by atoms with Crippen LogP contribution in [0.2, 0.25) is 0 Å². The fourth-order valence-corrected chi connectivity index (χ4v) is 4.48. The van der Waals surface area contributed by atoms with Crippen molar-refractivity contribution < 1.29 is 19.2 Å². The van der Waals surface area contributed by atoms with Crippen molar-refractivity contribution in [2.45, 2.75) is 31.1 Å². The average Bonchev–Trinajstić information content (AvgIpc) is 2.85. The summed E-state index contributed by atoms with van der Waals surface area (Å²) in [5, 5.41) is 5.65. The molecule has 0 bridgehead atoms. The van der Waals surface area contributed by atoms with Gasteiger partial charge in [-0.3, -0.25) is 19.2 Å². The Morgan fingerprint density at radius 1 is 0.765 bits per heavy atom. The third kappa shape index (κ3) is 5.10. The molecule has 0 fully saturated rings. The average molecular weight is 473 g/mol. The molecule has 4 rings (SSSR count). The van der Waals surface area contributed by atoms with Gasteiger partial charge in [-0.25, -0.2) is 0 Å². The summed E-state index contributed by atoms with van der Waals surface area (Å²) in [4.78, 5) is 51.3. The summed E-state index contributed by atoms with van der Waals surface area (Å²) in [6.07, 6.45) is 2.32. The Morgan fingerprint density at radius 2 is 1.44 bits per heavy atom. The largest absolute Gasteiger partial charge is 0.326 e. The van der Waals surface area contributed by atoms with Crippen molar-refractivity contribution in [3.05, 3.63) is 89.0 Å². The number of unbranched alkanes of at least 4 members (excludes halogenated alkanes) is 1. The maximum Gasteiger partial charge on any atom is 0.234 e. The monoisotopic (exact) mass is 472 g/mol. The van der Waals surface area contributed by atoms with Crippen LogP contribution in [0, 0.1) is 0 Å². The number of ketones is 2. The van der Waals surface area contributed by atoms with E-state index >= 15 is 0 Å². The first-order chi connectivity index (χ1) is 16.5. The van der Waals surface area contributed by atoms with Gasteiger partial charge in [-0.05, 0) is 36.8 Å². The van der Waals surface area contributed by atoms with Crippen LogP contribution in [0.25, 0.3) is 0 Å². The molecule has 2 N–H and O–H groups in total. The van der Waals surface area contributed by atoms with E-state index < -0.39 is 0 Å². The van der Waals surface area contributed by atoms with Crippen LogP contribution in [0.1, 0.15) is 58.0 Å². The number of anilines is 2. The lowest BCUT2D eigenvalue weighted by atomic mass is 9.83. The first-order valence-electron chi connectivity index (χ1n) is 11.1. The summed E-state index contributed by atoms with van der Waals surface area (Å²) in [7, 11) is 0. The van der Waals surface area contributed by atoms with Crippen LogP contribution in [0.5, 0.6) is 0 Å². The normalized spacial score (nSPS) is 12.0. The highest BCUT2D eigenvalue weighted by atomic mass is 32.2. The fourth-order valence-electron chi connectivity index (χ4n) is 3.78.